The van der Waals surface area contributed by atoms with Crippen LogP contribution in [0.4, 0.5) is 13.6 Å². The molecule has 2 aromatic carbocycles. The molecule has 2 aromatic rings. The number of hydrogen-bond acceptors (Lipinski definition) is 4. The summed E-state index contributed by atoms with van der Waals surface area (Å²) in [4.78, 5) is 35.9. The summed E-state index contributed by atoms with van der Waals surface area (Å²) in [5.74, 6) is -3.19. The largest absolute Gasteiger partial charge is 0.481 e. The van der Waals surface area contributed by atoms with Gasteiger partial charge >= 0.3 is 12.1 Å². The molecule has 2 amide bonds. The topological polar surface area (TPSA) is 105 Å². The first kappa shape index (κ1) is 24.2. The smallest absolute Gasteiger partial charge is 0.407 e. The molecule has 1 aliphatic rings. The molecule has 0 heterocycles. The van der Waals surface area contributed by atoms with Crippen molar-refractivity contribution in [2.24, 2.45) is 5.92 Å². The monoisotopic (exact) mass is 460 g/mol. The van der Waals surface area contributed by atoms with Gasteiger partial charge in [-0.1, -0.05) is 48.5 Å². The van der Waals surface area contributed by atoms with E-state index in [9.17, 15) is 23.2 Å². The van der Waals surface area contributed by atoms with E-state index in [0.717, 1.165) is 22.3 Å². The number of alkyl carbamates (subject to hydrolysis) is 1. The predicted molar refractivity (Wildman–Crippen MR) is 117 cm³/mol. The second-order valence-corrected chi connectivity index (χ2v) is 8.07. The minimum absolute atomic E-state index is 0.0324. The Kier molecular flexibility index (Phi) is 7.63. The SMILES string of the molecule is CC(NC(=O)C(CC(F)F)NC(=O)OCC1c2ccccc2-c2ccccc21)C(C)C(=O)O. The van der Waals surface area contributed by atoms with Gasteiger partial charge in [-0.3, -0.25) is 9.59 Å². The Hall–Kier alpha value is -3.49. The highest BCUT2D eigenvalue weighted by Crippen LogP contribution is 2.44. The number of aliphatic carboxylic acids is 1. The van der Waals surface area contributed by atoms with Gasteiger partial charge in [0, 0.05) is 18.4 Å². The van der Waals surface area contributed by atoms with E-state index < -0.39 is 48.8 Å². The van der Waals surface area contributed by atoms with Crippen LogP contribution in [0.5, 0.6) is 0 Å². The molecule has 0 spiro atoms. The van der Waals surface area contributed by atoms with Gasteiger partial charge in [0.1, 0.15) is 12.6 Å². The predicted octanol–water partition coefficient (Wildman–Crippen LogP) is 3.77. The van der Waals surface area contributed by atoms with Crippen LogP contribution in [0.25, 0.3) is 11.1 Å². The summed E-state index contributed by atoms with van der Waals surface area (Å²) in [6.07, 6.45) is -4.79. The Morgan fingerprint density at radius 1 is 0.970 bits per heavy atom. The lowest BCUT2D eigenvalue weighted by molar-refractivity contribution is -0.142. The van der Waals surface area contributed by atoms with Crippen molar-refractivity contribution in [2.45, 2.75) is 44.7 Å². The number of fused-ring (bicyclic) bond motifs is 3. The van der Waals surface area contributed by atoms with Crippen molar-refractivity contribution >= 4 is 18.0 Å². The molecular weight excluding hydrogens is 434 g/mol. The molecule has 0 bridgehead atoms. The van der Waals surface area contributed by atoms with Crippen LogP contribution in [-0.4, -0.2) is 48.2 Å². The Bertz CT molecular complexity index is 984. The van der Waals surface area contributed by atoms with Crippen molar-refractivity contribution in [3.63, 3.8) is 0 Å². The summed E-state index contributed by atoms with van der Waals surface area (Å²) in [6.45, 7) is 2.80. The number of hydrogen-bond donors (Lipinski definition) is 3. The number of halogens is 2. The first-order chi connectivity index (χ1) is 15.7. The molecule has 176 valence electrons. The lowest BCUT2D eigenvalue weighted by Gasteiger charge is -2.23. The molecule has 9 heteroatoms. The second kappa shape index (κ2) is 10.4. The van der Waals surface area contributed by atoms with E-state index >= 15 is 0 Å². The molecule has 0 saturated carbocycles. The molecule has 7 nitrogen and oxygen atoms in total. The Labute approximate surface area is 190 Å². The molecule has 3 N–H and O–H groups in total. The molecule has 0 fully saturated rings. The third kappa shape index (κ3) is 5.66. The van der Waals surface area contributed by atoms with Gasteiger partial charge in [-0.2, -0.15) is 0 Å². The van der Waals surface area contributed by atoms with Crippen molar-refractivity contribution in [1.29, 1.82) is 0 Å². The zero-order valence-electron chi connectivity index (χ0n) is 18.3. The van der Waals surface area contributed by atoms with Crippen LogP contribution in [0.15, 0.2) is 48.5 Å². The number of carboxylic acid groups (broad SMARTS) is 1. The number of benzene rings is 2. The van der Waals surface area contributed by atoms with E-state index in [1.807, 2.05) is 48.5 Å². The molecule has 3 unspecified atom stereocenters. The van der Waals surface area contributed by atoms with E-state index in [2.05, 4.69) is 10.6 Å². The summed E-state index contributed by atoms with van der Waals surface area (Å²) < 4.78 is 31.4. The van der Waals surface area contributed by atoms with Crippen molar-refractivity contribution in [3.05, 3.63) is 59.7 Å². The fourth-order valence-electron chi connectivity index (χ4n) is 3.86. The summed E-state index contributed by atoms with van der Waals surface area (Å²) in [5, 5.41) is 13.6. The van der Waals surface area contributed by atoms with E-state index in [4.69, 9.17) is 9.84 Å². The zero-order chi connectivity index (χ0) is 24.1. The van der Waals surface area contributed by atoms with Gasteiger partial charge in [-0.15, -0.1) is 0 Å². The Morgan fingerprint density at radius 2 is 1.52 bits per heavy atom. The zero-order valence-corrected chi connectivity index (χ0v) is 18.3. The fourth-order valence-corrected chi connectivity index (χ4v) is 3.86. The molecular formula is C24H26F2N2O5. The number of carboxylic acids is 1. The van der Waals surface area contributed by atoms with Gasteiger partial charge in [-0.25, -0.2) is 13.6 Å². The minimum Gasteiger partial charge on any atom is -0.481 e. The van der Waals surface area contributed by atoms with E-state index in [1.165, 1.54) is 13.8 Å². The average molecular weight is 460 g/mol. The highest BCUT2D eigenvalue weighted by Gasteiger charge is 2.31. The first-order valence-electron chi connectivity index (χ1n) is 10.6. The normalized spacial score (nSPS) is 15.2. The molecule has 33 heavy (non-hydrogen) atoms. The molecule has 0 radical (unpaired) electrons. The summed E-state index contributed by atoms with van der Waals surface area (Å²) in [6, 6.07) is 13.1. The average Bonchev–Trinajstić information content (AvgIpc) is 3.10. The summed E-state index contributed by atoms with van der Waals surface area (Å²) in [7, 11) is 0. The van der Waals surface area contributed by atoms with E-state index in [0.29, 0.717) is 0 Å². The van der Waals surface area contributed by atoms with Crippen molar-refractivity contribution < 1.29 is 33.0 Å². The van der Waals surface area contributed by atoms with Crippen LogP contribution in [-0.2, 0) is 14.3 Å². The van der Waals surface area contributed by atoms with Crippen molar-refractivity contribution in [2.75, 3.05) is 6.61 Å². The van der Waals surface area contributed by atoms with Crippen LogP contribution in [0.1, 0.15) is 37.3 Å². The lowest BCUT2D eigenvalue weighted by atomic mass is 9.98. The highest BCUT2D eigenvalue weighted by atomic mass is 19.3. The van der Waals surface area contributed by atoms with Gasteiger partial charge in [0.05, 0.1) is 5.92 Å². The third-order valence-electron chi connectivity index (χ3n) is 5.88. The first-order valence-corrected chi connectivity index (χ1v) is 10.6. The number of nitrogens with one attached hydrogen (secondary N) is 2. The Balaban J connectivity index is 1.65. The number of ether oxygens (including phenoxy) is 1. The molecule has 3 rings (SSSR count). The number of rotatable bonds is 9. The van der Waals surface area contributed by atoms with Crippen LogP contribution in [0, 0.1) is 5.92 Å². The van der Waals surface area contributed by atoms with E-state index in [1.54, 1.807) is 0 Å². The number of carbonyl (C=O) groups excluding carboxylic acids is 2. The number of carbonyl (C=O) groups is 3. The molecule has 0 aromatic heterocycles. The molecule has 0 saturated heterocycles. The van der Waals surface area contributed by atoms with Gasteiger partial charge in [0.2, 0.25) is 12.3 Å². The van der Waals surface area contributed by atoms with Gasteiger partial charge in [0.25, 0.3) is 0 Å². The molecule has 3 atom stereocenters. The summed E-state index contributed by atoms with van der Waals surface area (Å²) in [5.41, 5.74) is 4.06. The van der Waals surface area contributed by atoms with Crippen LogP contribution in [0.2, 0.25) is 0 Å². The van der Waals surface area contributed by atoms with Gasteiger partial charge in [0.15, 0.2) is 0 Å². The highest BCUT2D eigenvalue weighted by molar-refractivity contribution is 5.86. The van der Waals surface area contributed by atoms with E-state index in [-0.39, 0.29) is 12.5 Å². The standard InChI is InChI=1S/C24H26F2N2O5/c1-13(23(30)31)14(2)27-22(29)20(11-21(25)26)28-24(32)33-12-19-17-9-5-3-7-15(17)16-8-4-6-10-18(16)19/h3-10,13-14,19-21H,11-12H2,1-2H3,(H,27,29)(H,28,32)(H,30,31). The lowest BCUT2D eigenvalue weighted by Crippen LogP contribution is -2.51. The van der Waals surface area contributed by atoms with Gasteiger partial charge < -0.3 is 20.5 Å². The molecule has 0 aliphatic heterocycles. The third-order valence-corrected chi connectivity index (χ3v) is 5.88. The van der Waals surface area contributed by atoms with Crippen molar-refractivity contribution in [1.82, 2.24) is 10.6 Å². The van der Waals surface area contributed by atoms with Crippen molar-refractivity contribution in [3.8, 4) is 11.1 Å². The Morgan fingerprint density at radius 3 is 2.03 bits per heavy atom. The van der Waals surface area contributed by atoms with Crippen LogP contribution in [0.3, 0.4) is 0 Å². The van der Waals surface area contributed by atoms with Gasteiger partial charge in [-0.05, 0) is 36.1 Å². The van der Waals surface area contributed by atoms with Crippen LogP contribution >= 0.6 is 0 Å². The molecule has 1 aliphatic carbocycles. The maximum atomic E-state index is 13.0. The maximum absolute atomic E-state index is 13.0. The summed E-state index contributed by atoms with van der Waals surface area (Å²) >= 11 is 0. The fraction of sp³-hybridized carbons (Fsp3) is 0.375. The minimum atomic E-state index is -2.86. The second-order valence-electron chi connectivity index (χ2n) is 8.07. The maximum Gasteiger partial charge on any atom is 0.407 e. The quantitative estimate of drug-likeness (QED) is 0.528. The number of amides is 2. The number of alkyl halides is 2. The van der Waals surface area contributed by atoms with Crippen LogP contribution < -0.4 is 10.6 Å².